The van der Waals surface area contributed by atoms with Gasteiger partial charge in [0.05, 0.1) is 11.6 Å². The van der Waals surface area contributed by atoms with Gasteiger partial charge in [-0.3, -0.25) is 9.89 Å². The van der Waals surface area contributed by atoms with E-state index in [1.165, 1.54) is 30.5 Å². The van der Waals surface area contributed by atoms with Crippen molar-refractivity contribution < 1.29 is 4.79 Å². The van der Waals surface area contributed by atoms with Gasteiger partial charge in [0, 0.05) is 30.1 Å². The molecule has 0 radical (unpaired) electrons. The molecule has 2 N–H and O–H groups in total. The summed E-state index contributed by atoms with van der Waals surface area (Å²) in [7, 11) is 0. The first-order valence-electron chi connectivity index (χ1n) is 12.5. The first-order chi connectivity index (χ1) is 16.2. The Labute approximate surface area is 193 Å². The molecule has 0 spiro atoms. The molecule has 4 saturated carbocycles. The molecule has 7 nitrogen and oxygen atoms in total. The van der Waals surface area contributed by atoms with Gasteiger partial charge in [0.2, 0.25) is 5.91 Å². The van der Waals surface area contributed by atoms with E-state index in [4.69, 9.17) is 0 Å². The lowest BCUT2D eigenvalue weighted by Crippen LogP contribution is -2.53. The molecule has 7 heteroatoms. The van der Waals surface area contributed by atoms with Crippen LogP contribution in [0.2, 0.25) is 0 Å². The lowest BCUT2D eigenvalue weighted by molar-refractivity contribution is -0.146. The number of H-pyrrole nitrogens is 1. The number of nitrogens with zero attached hydrogens (tertiary/aromatic N) is 4. The van der Waals surface area contributed by atoms with Crippen LogP contribution in [0, 0.1) is 23.2 Å². The van der Waals surface area contributed by atoms with Crippen LogP contribution in [0.15, 0.2) is 36.8 Å². The number of carbonyl (C=O) groups excluding carboxylic acids is 1. The van der Waals surface area contributed by atoms with Crippen molar-refractivity contribution in [1.82, 2.24) is 25.5 Å². The number of nitrogens with one attached hydrogen (secondary N) is 2. The third-order valence-corrected chi connectivity index (χ3v) is 8.85. The molecule has 4 fully saturated rings. The monoisotopic (exact) mass is 442 g/mol. The van der Waals surface area contributed by atoms with Gasteiger partial charge in [-0.15, -0.1) is 0 Å². The molecule has 3 aromatic rings. The van der Waals surface area contributed by atoms with Crippen molar-refractivity contribution in [2.45, 2.75) is 50.9 Å². The van der Waals surface area contributed by atoms with Gasteiger partial charge in [-0.05, 0) is 74.3 Å². The normalized spacial score (nSPS) is 31.8. The maximum absolute atomic E-state index is 13.4. The molecule has 4 aliphatic carbocycles. The summed E-state index contributed by atoms with van der Waals surface area (Å²) in [5, 5.41) is 11.4. The minimum absolute atomic E-state index is 0.0672. The van der Waals surface area contributed by atoms with Gasteiger partial charge < -0.3 is 10.2 Å². The molecule has 1 aliphatic heterocycles. The van der Waals surface area contributed by atoms with Crippen molar-refractivity contribution >= 4 is 28.4 Å². The number of hydrogen-bond acceptors (Lipinski definition) is 5. The van der Waals surface area contributed by atoms with Crippen LogP contribution in [0.4, 0.5) is 11.5 Å². The summed E-state index contributed by atoms with van der Waals surface area (Å²) in [5.74, 6) is 3.97. The highest BCUT2D eigenvalue weighted by Gasteiger charge is 2.54. The van der Waals surface area contributed by atoms with E-state index in [1.807, 2.05) is 0 Å². The summed E-state index contributed by atoms with van der Waals surface area (Å²) in [6.45, 7) is 1.59. The Balaban J connectivity index is 1.07. The van der Waals surface area contributed by atoms with Crippen LogP contribution < -0.4 is 10.2 Å². The predicted molar refractivity (Wildman–Crippen MR) is 126 cm³/mol. The number of anilines is 2. The van der Waals surface area contributed by atoms with Crippen LogP contribution in [0.1, 0.15) is 56.4 Å². The number of fused-ring (bicyclic) bond motifs is 2. The second-order valence-electron chi connectivity index (χ2n) is 10.9. The average Bonchev–Trinajstić information content (AvgIpc) is 3.43. The van der Waals surface area contributed by atoms with E-state index in [-0.39, 0.29) is 5.41 Å². The summed E-state index contributed by atoms with van der Waals surface area (Å²) in [4.78, 5) is 24.5. The molecule has 3 heterocycles. The Morgan fingerprint density at radius 2 is 1.85 bits per heavy atom. The zero-order valence-corrected chi connectivity index (χ0v) is 18.8. The minimum Gasteiger partial charge on any atom is -0.356 e. The Morgan fingerprint density at radius 1 is 1.09 bits per heavy atom. The molecule has 1 unspecified atom stereocenters. The highest BCUT2D eigenvalue weighted by molar-refractivity contribution is 5.90. The van der Waals surface area contributed by atoms with Crippen molar-refractivity contribution in [2.75, 3.05) is 18.0 Å². The topological polar surface area (TPSA) is 86.8 Å². The van der Waals surface area contributed by atoms with E-state index in [0.717, 1.165) is 73.4 Å². The highest BCUT2D eigenvalue weighted by atomic mass is 16.2. The van der Waals surface area contributed by atoms with E-state index in [2.05, 4.69) is 54.6 Å². The number of rotatable bonds is 5. The Hall–Kier alpha value is -2.96. The smallest absolute Gasteiger partial charge is 0.226 e. The van der Waals surface area contributed by atoms with E-state index in [1.54, 1.807) is 12.5 Å². The molecule has 1 amide bonds. The Bertz CT molecular complexity index is 1180. The van der Waals surface area contributed by atoms with Crippen LogP contribution in [-0.4, -0.2) is 39.2 Å². The minimum atomic E-state index is -0.0672. The van der Waals surface area contributed by atoms with Crippen molar-refractivity contribution in [1.29, 1.82) is 0 Å². The van der Waals surface area contributed by atoms with Crippen molar-refractivity contribution in [3.63, 3.8) is 0 Å². The maximum Gasteiger partial charge on any atom is 0.226 e. The van der Waals surface area contributed by atoms with E-state index >= 15 is 0 Å². The SMILES string of the molecule is O=C(NCCC1CN(c2ncnc3[nH]ncc23)c2ccccc21)C12CC3CC(CC(C3)C1)C2. The zero-order chi connectivity index (χ0) is 22.0. The second-order valence-corrected chi connectivity index (χ2v) is 10.9. The van der Waals surface area contributed by atoms with Crippen LogP contribution in [0.3, 0.4) is 0 Å². The molecule has 0 saturated heterocycles. The number of aromatic nitrogens is 4. The lowest BCUT2D eigenvalue weighted by Gasteiger charge is -2.55. The molecule has 170 valence electrons. The average molecular weight is 443 g/mol. The fourth-order valence-electron chi connectivity index (χ4n) is 7.85. The highest BCUT2D eigenvalue weighted by Crippen LogP contribution is 2.60. The second kappa shape index (κ2) is 7.27. The van der Waals surface area contributed by atoms with Crippen LogP contribution in [0.5, 0.6) is 0 Å². The van der Waals surface area contributed by atoms with E-state index in [9.17, 15) is 4.79 Å². The number of hydrogen-bond donors (Lipinski definition) is 2. The summed E-state index contributed by atoms with van der Waals surface area (Å²) < 4.78 is 0. The van der Waals surface area contributed by atoms with Gasteiger partial charge in [-0.2, -0.15) is 5.10 Å². The number of carbonyl (C=O) groups is 1. The number of amides is 1. The van der Waals surface area contributed by atoms with Crippen molar-refractivity contribution in [3.05, 3.63) is 42.4 Å². The van der Waals surface area contributed by atoms with Gasteiger partial charge >= 0.3 is 0 Å². The summed E-state index contributed by atoms with van der Waals surface area (Å²) in [5.41, 5.74) is 3.21. The molecule has 4 bridgehead atoms. The molecular formula is C26H30N6O. The molecule has 33 heavy (non-hydrogen) atoms. The molecule has 8 rings (SSSR count). The number of benzene rings is 1. The predicted octanol–water partition coefficient (Wildman–Crippen LogP) is 4.31. The Kier molecular flexibility index (Phi) is 4.30. The third kappa shape index (κ3) is 3.08. The van der Waals surface area contributed by atoms with Gasteiger partial charge in [-0.1, -0.05) is 18.2 Å². The third-order valence-electron chi connectivity index (χ3n) is 8.85. The zero-order valence-electron chi connectivity index (χ0n) is 18.8. The summed E-state index contributed by atoms with van der Waals surface area (Å²) >= 11 is 0. The Morgan fingerprint density at radius 3 is 2.64 bits per heavy atom. The van der Waals surface area contributed by atoms with Gasteiger partial charge in [0.25, 0.3) is 0 Å². The van der Waals surface area contributed by atoms with E-state index in [0.29, 0.717) is 11.8 Å². The fraction of sp³-hybridized carbons (Fsp3) is 0.538. The van der Waals surface area contributed by atoms with Crippen LogP contribution in [-0.2, 0) is 4.79 Å². The van der Waals surface area contributed by atoms with E-state index < -0.39 is 0 Å². The first kappa shape index (κ1) is 19.5. The molecule has 2 aromatic heterocycles. The van der Waals surface area contributed by atoms with Crippen LogP contribution >= 0.6 is 0 Å². The fourth-order valence-corrected chi connectivity index (χ4v) is 7.85. The first-order valence-corrected chi connectivity index (χ1v) is 12.5. The number of aromatic amines is 1. The molecule has 1 atom stereocenters. The molecular weight excluding hydrogens is 412 g/mol. The summed E-state index contributed by atoms with van der Waals surface area (Å²) in [6.07, 6.45) is 11.8. The molecule has 5 aliphatic rings. The maximum atomic E-state index is 13.4. The van der Waals surface area contributed by atoms with Crippen molar-refractivity contribution in [2.24, 2.45) is 23.2 Å². The molecule has 1 aromatic carbocycles. The largest absolute Gasteiger partial charge is 0.356 e. The van der Waals surface area contributed by atoms with Crippen LogP contribution in [0.25, 0.3) is 11.0 Å². The lowest BCUT2D eigenvalue weighted by atomic mass is 9.49. The van der Waals surface area contributed by atoms with Gasteiger partial charge in [-0.25, -0.2) is 9.97 Å². The number of para-hydroxylation sites is 1. The van der Waals surface area contributed by atoms with Gasteiger partial charge in [0.1, 0.15) is 12.1 Å². The quantitative estimate of drug-likeness (QED) is 0.615. The van der Waals surface area contributed by atoms with Gasteiger partial charge in [0.15, 0.2) is 5.65 Å². The summed E-state index contributed by atoms with van der Waals surface area (Å²) in [6, 6.07) is 8.57. The standard InChI is InChI=1S/C26H30N6O/c33-25(26-10-16-7-17(11-26)9-18(8-16)12-26)27-6-5-19-14-32(22-4-2-1-3-20(19)22)24-21-13-30-31-23(21)28-15-29-24/h1-4,13,15-19H,5-12,14H2,(H,27,33)(H,28,29,30,31). The van der Waals surface area contributed by atoms with Crippen molar-refractivity contribution in [3.8, 4) is 0 Å².